The highest BCUT2D eigenvalue weighted by atomic mass is 16.5. The SMILES string of the molecule is COCCNCc1cccc(OCC2CCCC2)c1. The minimum Gasteiger partial charge on any atom is -0.493 e. The van der Waals surface area contributed by atoms with Crippen LogP contribution in [0.25, 0.3) is 0 Å². The first kappa shape index (κ1) is 14.4. The lowest BCUT2D eigenvalue weighted by Gasteiger charge is -2.12. The summed E-state index contributed by atoms with van der Waals surface area (Å²) >= 11 is 0. The molecule has 0 radical (unpaired) electrons. The van der Waals surface area contributed by atoms with Gasteiger partial charge in [-0.1, -0.05) is 25.0 Å². The minimum absolute atomic E-state index is 0.748. The molecular formula is C16H25NO2. The third-order valence-corrected chi connectivity index (χ3v) is 3.67. The molecule has 0 aliphatic heterocycles. The average Bonchev–Trinajstić information content (AvgIpc) is 2.95. The molecule has 0 bridgehead atoms. The van der Waals surface area contributed by atoms with E-state index in [4.69, 9.17) is 9.47 Å². The number of hydrogen-bond donors (Lipinski definition) is 1. The van der Waals surface area contributed by atoms with Crippen molar-refractivity contribution >= 4 is 0 Å². The van der Waals surface area contributed by atoms with Crippen LogP contribution in [0.5, 0.6) is 5.75 Å². The van der Waals surface area contributed by atoms with Gasteiger partial charge in [0.05, 0.1) is 13.2 Å². The van der Waals surface area contributed by atoms with Gasteiger partial charge < -0.3 is 14.8 Å². The van der Waals surface area contributed by atoms with Crippen LogP contribution < -0.4 is 10.1 Å². The van der Waals surface area contributed by atoms with Crippen molar-refractivity contribution in [1.82, 2.24) is 5.32 Å². The fourth-order valence-electron chi connectivity index (χ4n) is 2.54. The molecular weight excluding hydrogens is 238 g/mol. The Hall–Kier alpha value is -1.06. The topological polar surface area (TPSA) is 30.5 Å². The van der Waals surface area contributed by atoms with E-state index in [1.165, 1.54) is 31.2 Å². The Morgan fingerprint density at radius 3 is 2.89 bits per heavy atom. The van der Waals surface area contributed by atoms with Crippen molar-refractivity contribution in [2.24, 2.45) is 5.92 Å². The molecule has 0 heterocycles. The summed E-state index contributed by atoms with van der Waals surface area (Å²) in [6.07, 6.45) is 5.41. The highest BCUT2D eigenvalue weighted by molar-refractivity contribution is 5.28. The van der Waals surface area contributed by atoms with Crippen LogP contribution in [-0.4, -0.2) is 26.9 Å². The summed E-state index contributed by atoms with van der Waals surface area (Å²) in [5, 5.41) is 3.35. The molecule has 0 unspecified atom stereocenters. The van der Waals surface area contributed by atoms with Gasteiger partial charge in [0.15, 0.2) is 0 Å². The van der Waals surface area contributed by atoms with Crippen molar-refractivity contribution < 1.29 is 9.47 Å². The third kappa shape index (κ3) is 5.21. The van der Waals surface area contributed by atoms with Crippen molar-refractivity contribution in [3.05, 3.63) is 29.8 Å². The number of nitrogens with one attached hydrogen (secondary N) is 1. The molecule has 0 saturated heterocycles. The Balaban J connectivity index is 1.74. The van der Waals surface area contributed by atoms with Gasteiger partial charge >= 0.3 is 0 Å². The summed E-state index contributed by atoms with van der Waals surface area (Å²) < 4.78 is 10.9. The van der Waals surface area contributed by atoms with Gasteiger partial charge in [0.2, 0.25) is 0 Å². The fourth-order valence-corrected chi connectivity index (χ4v) is 2.54. The smallest absolute Gasteiger partial charge is 0.119 e. The lowest BCUT2D eigenvalue weighted by Crippen LogP contribution is -2.18. The Morgan fingerprint density at radius 1 is 1.26 bits per heavy atom. The summed E-state index contributed by atoms with van der Waals surface area (Å²) in [5.41, 5.74) is 1.26. The number of rotatable bonds is 8. The normalized spacial score (nSPS) is 15.8. The van der Waals surface area contributed by atoms with Crippen LogP contribution in [0.15, 0.2) is 24.3 Å². The molecule has 0 atom stereocenters. The second kappa shape index (κ2) is 8.18. The van der Waals surface area contributed by atoms with Gasteiger partial charge in [-0.3, -0.25) is 0 Å². The van der Waals surface area contributed by atoms with E-state index in [0.717, 1.165) is 38.0 Å². The summed E-state index contributed by atoms with van der Waals surface area (Å²) in [6.45, 7) is 3.37. The maximum atomic E-state index is 5.91. The first-order valence-electron chi connectivity index (χ1n) is 7.30. The van der Waals surface area contributed by atoms with Gasteiger partial charge in [-0.05, 0) is 36.5 Å². The monoisotopic (exact) mass is 263 g/mol. The Morgan fingerprint density at radius 2 is 2.11 bits per heavy atom. The lowest BCUT2D eigenvalue weighted by atomic mass is 10.1. The number of ether oxygens (including phenoxy) is 2. The van der Waals surface area contributed by atoms with Crippen LogP contribution in [0, 0.1) is 5.92 Å². The van der Waals surface area contributed by atoms with E-state index in [2.05, 4.69) is 23.5 Å². The van der Waals surface area contributed by atoms with Gasteiger partial charge in [0, 0.05) is 20.2 Å². The highest BCUT2D eigenvalue weighted by Gasteiger charge is 2.15. The minimum atomic E-state index is 0.748. The van der Waals surface area contributed by atoms with Crippen LogP contribution in [0.1, 0.15) is 31.2 Å². The van der Waals surface area contributed by atoms with Crippen molar-refractivity contribution in [3.8, 4) is 5.75 Å². The molecule has 106 valence electrons. The summed E-state index contributed by atoms with van der Waals surface area (Å²) in [5.74, 6) is 1.77. The van der Waals surface area contributed by atoms with Gasteiger partial charge in [-0.2, -0.15) is 0 Å². The Kier molecular flexibility index (Phi) is 6.18. The van der Waals surface area contributed by atoms with E-state index in [0.29, 0.717) is 0 Å². The first-order valence-corrected chi connectivity index (χ1v) is 7.30. The molecule has 0 spiro atoms. The van der Waals surface area contributed by atoms with Crippen molar-refractivity contribution in [1.29, 1.82) is 0 Å². The Bertz CT molecular complexity index is 362. The molecule has 1 aromatic carbocycles. The summed E-state index contributed by atoms with van der Waals surface area (Å²) in [6, 6.07) is 8.38. The predicted octanol–water partition coefficient (Wildman–Crippen LogP) is 2.99. The zero-order valence-corrected chi connectivity index (χ0v) is 11.9. The van der Waals surface area contributed by atoms with Crippen molar-refractivity contribution in [2.75, 3.05) is 26.9 Å². The average molecular weight is 263 g/mol. The largest absolute Gasteiger partial charge is 0.493 e. The molecule has 1 aliphatic rings. The first-order chi connectivity index (χ1) is 9.38. The molecule has 1 N–H and O–H groups in total. The van der Waals surface area contributed by atoms with Gasteiger partial charge in [0.1, 0.15) is 5.75 Å². The zero-order valence-electron chi connectivity index (χ0n) is 11.9. The molecule has 19 heavy (non-hydrogen) atoms. The third-order valence-electron chi connectivity index (χ3n) is 3.67. The maximum absolute atomic E-state index is 5.91. The number of methoxy groups -OCH3 is 1. The summed E-state index contributed by atoms with van der Waals surface area (Å²) in [7, 11) is 1.72. The van der Waals surface area contributed by atoms with E-state index in [1.54, 1.807) is 7.11 Å². The van der Waals surface area contributed by atoms with Crippen LogP contribution in [0.3, 0.4) is 0 Å². The molecule has 1 aliphatic carbocycles. The standard InChI is InChI=1S/C16H25NO2/c1-18-10-9-17-12-15-7-4-8-16(11-15)19-13-14-5-2-3-6-14/h4,7-8,11,14,17H,2-3,5-6,9-10,12-13H2,1H3. The van der Waals surface area contributed by atoms with Crippen LogP contribution in [0.2, 0.25) is 0 Å². The molecule has 0 aromatic heterocycles. The van der Waals surface area contributed by atoms with Crippen molar-refractivity contribution in [2.45, 2.75) is 32.2 Å². The van der Waals surface area contributed by atoms with Crippen LogP contribution in [-0.2, 0) is 11.3 Å². The quantitative estimate of drug-likeness (QED) is 0.731. The van der Waals surface area contributed by atoms with E-state index in [1.807, 2.05) is 6.07 Å². The zero-order chi connectivity index (χ0) is 13.3. The second-order valence-electron chi connectivity index (χ2n) is 5.28. The Labute approximate surface area is 116 Å². The molecule has 3 nitrogen and oxygen atoms in total. The second-order valence-corrected chi connectivity index (χ2v) is 5.28. The summed E-state index contributed by atoms with van der Waals surface area (Å²) in [4.78, 5) is 0. The van der Waals surface area contributed by atoms with Gasteiger partial charge in [0.25, 0.3) is 0 Å². The molecule has 2 rings (SSSR count). The molecule has 0 amide bonds. The van der Waals surface area contributed by atoms with Gasteiger partial charge in [-0.25, -0.2) is 0 Å². The molecule has 1 saturated carbocycles. The van der Waals surface area contributed by atoms with E-state index in [9.17, 15) is 0 Å². The highest BCUT2D eigenvalue weighted by Crippen LogP contribution is 2.25. The predicted molar refractivity (Wildman–Crippen MR) is 77.5 cm³/mol. The number of benzene rings is 1. The molecule has 1 aromatic rings. The van der Waals surface area contributed by atoms with Crippen LogP contribution in [0.4, 0.5) is 0 Å². The maximum Gasteiger partial charge on any atom is 0.119 e. The fraction of sp³-hybridized carbons (Fsp3) is 0.625. The van der Waals surface area contributed by atoms with Crippen LogP contribution >= 0.6 is 0 Å². The van der Waals surface area contributed by atoms with Crippen molar-refractivity contribution in [3.63, 3.8) is 0 Å². The van der Waals surface area contributed by atoms with Gasteiger partial charge in [-0.15, -0.1) is 0 Å². The number of hydrogen-bond acceptors (Lipinski definition) is 3. The lowest BCUT2D eigenvalue weighted by molar-refractivity contribution is 0.199. The van der Waals surface area contributed by atoms with E-state index < -0.39 is 0 Å². The van der Waals surface area contributed by atoms with E-state index >= 15 is 0 Å². The van der Waals surface area contributed by atoms with E-state index in [-0.39, 0.29) is 0 Å². The molecule has 3 heteroatoms. The molecule has 1 fully saturated rings.